The third-order valence-corrected chi connectivity index (χ3v) is 2.50. The van der Waals surface area contributed by atoms with E-state index >= 15 is 0 Å². The highest BCUT2D eigenvalue weighted by Gasteiger charge is 2.11. The molecule has 0 bridgehead atoms. The highest BCUT2D eigenvalue weighted by Crippen LogP contribution is 2.18. The maximum absolute atomic E-state index is 13.5. The summed E-state index contributed by atoms with van der Waals surface area (Å²) < 4.78 is 28.5. The van der Waals surface area contributed by atoms with E-state index in [1.54, 1.807) is 17.0 Å². The molecule has 0 saturated carbocycles. The molecule has 96 valence electrons. The lowest BCUT2D eigenvalue weighted by molar-refractivity contribution is 0.578. The first-order chi connectivity index (χ1) is 8.61. The zero-order valence-electron chi connectivity index (χ0n) is 10.0. The minimum atomic E-state index is -0.735. The number of anilines is 2. The van der Waals surface area contributed by atoms with Gasteiger partial charge in [-0.2, -0.15) is 0 Å². The van der Waals surface area contributed by atoms with Crippen molar-refractivity contribution in [2.45, 2.75) is 6.54 Å². The van der Waals surface area contributed by atoms with Crippen molar-refractivity contribution in [2.24, 2.45) is 7.05 Å². The summed E-state index contributed by atoms with van der Waals surface area (Å²) in [5.74, 6) is -0.743. The topological polar surface area (TPSA) is 54.8 Å². The number of aromatic nitrogens is 3. The normalized spacial score (nSPS) is 10.4. The molecule has 0 fully saturated rings. The number of pyridine rings is 1. The Labute approximate surface area is 103 Å². The Hall–Kier alpha value is -2.18. The smallest absolute Gasteiger partial charge is 0.168 e. The van der Waals surface area contributed by atoms with Gasteiger partial charge in [-0.25, -0.2) is 18.7 Å². The number of nitrogens with one attached hydrogen (secondary N) is 2. The molecule has 2 heterocycles. The highest BCUT2D eigenvalue weighted by molar-refractivity contribution is 5.47. The van der Waals surface area contributed by atoms with Crippen LogP contribution in [0.2, 0.25) is 0 Å². The summed E-state index contributed by atoms with van der Waals surface area (Å²) in [6, 6.07) is 0.791. The fourth-order valence-electron chi connectivity index (χ4n) is 1.50. The molecule has 0 atom stereocenters. The number of hydrogen-bond acceptors (Lipinski definition) is 4. The van der Waals surface area contributed by atoms with Gasteiger partial charge in [0.15, 0.2) is 23.3 Å². The second-order valence-electron chi connectivity index (χ2n) is 3.71. The standard InChI is InChI=1S/C11H13F2N5/c1-14-10-7(12)5-8(13)11(17-10)16-6-9-15-3-4-18(9)2/h3-5H,6H2,1-2H3,(H2,14,16,17). The summed E-state index contributed by atoms with van der Waals surface area (Å²) in [5.41, 5.74) is 0. The van der Waals surface area contributed by atoms with E-state index in [1.807, 2.05) is 7.05 Å². The lowest BCUT2D eigenvalue weighted by Crippen LogP contribution is -2.10. The van der Waals surface area contributed by atoms with Crippen LogP contribution in [0.1, 0.15) is 5.82 Å². The number of hydrogen-bond donors (Lipinski definition) is 2. The molecule has 0 radical (unpaired) electrons. The zero-order chi connectivity index (χ0) is 13.1. The number of halogens is 2. The van der Waals surface area contributed by atoms with Crippen molar-refractivity contribution in [3.05, 3.63) is 35.9 Å². The third-order valence-electron chi connectivity index (χ3n) is 2.50. The van der Waals surface area contributed by atoms with Crippen LogP contribution in [-0.4, -0.2) is 21.6 Å². The van der Waals surface area contributed by atoms with E-state index in [4.69, 9.17) is 0 Å². The van der Waals surface area contributed by atoms with Crippen molar-refractivity contribution in [3.8, 4) is 0 Å². The molecule has 0 aliphatic heterocycles. The first-order valence-corrected chi connectivity index (χ1v) is 5.35. The fraction of sp³-hybridized carbons (Fsp3) is 0.273. The molecule has 2 aromatic rings. The average Bonchev–Trinajstić information content (AvgIpc) is 2.74. The maximum atomic E-state index is 13.5. The minimum absolute atomic E-state index is 0.00117. The Morgan fingerprint density at radius 1 is 1.28 bits per heavy atom. The maximum Gasteiger partial charge on any atom is 0.168 e. The Bertz CT molecular complexity index is 552. The van der Waals surface area contributed by atoms with E-state index in [-0.39, 0.29) is 11.6 Å². The summed E-state index contributed by atoms with van der Waals surface area (Å²) in [7, 11) is 3.35. The predicted octanol–water partition coefficient (Wildman–Crippen LogP) is 1.75. The van der Waals surface area contributed by atoms with E-state index in [2.05, 4.69) is 20.6 Å². The Morgan fingerprint density at radius 3 is 2.61 bits per heavy atom. The van der Waals surface area contributed by atoms with Crippen molar-refractivity contribution in [3.63, 3.8) is 0 Å². The van der Waals surface area contributed by atoms with Gasteiger partial charge in [0, 0.05) is 32.6 Å². The largest absolute Gasteiger partial charge is 0.371 e. The molecule has 0 amide bonds. The van der Waals surface area contributed by atoms with E-state index in [9.17, 15) is 8.78 Å². The molecule has 7 heteroatoms. The monoisotopic (exact) mass is 253 g/mol. The third kappa shape index (κ3) is 2.39. The van der Waals surface area contributed by atoms with Crippen molar-refractivity contribution >= 4 is 11.6 Å². The second kappa shape index (κ2) is 4.99. The number of nitrogens with zero attached hydrogens (tertiary/aromatic N) is 3. The quantitative estimate of drug-likeness (QED) is 0.871. The van der Waals surface area contributed by atoms with Crippen LogP contribution in [0.25, 0.3) is 0 Å². The van der Waals surface area contributed by atoms with E-state index < -0.39 is 11.6 Å². The fourth-order valence-corrected chi connectivity index (χ4v) is 1.50. The van der Waals surface area contributed by atoms with Crippen LogP contribution in [0.15, 0.2) is 18.5 Å². The predicted molar refractivity (Wildman–Crippen MR) is 64.2 cm³/mol. The molecule has 0 unspecified atom stereocenters. The molecule has 18 heavy (non-hydrogen) atoms. The van der Waals surface area contributed by atoms with Crippen LogP contribution in [0.5, 0.6) is 0 Å². The molecule has 0 spiro atoms. The van der Waals surface area contributed by atoms with Crippen molar-refractivity contribution in [2.75, 3.05) is 17.7 Å². The molecule has 0 aliphatic rings. The van der Waals surface area contributed by atoms with Gasteiger partial charge < -0.3 is 15.2 Å². The number of aryl methyl sites for hydroxylation is 1. The van der Waals surface area contributed by atoms with Crippen LogP contribution in [0.4, 0.5) is 20.4 Å². The lowest BCUT2D eigenvalue weighted by atomic mass is 10.4. The molecule has 0 aliphatic carbocycles. The molecule has 2 rings (SSSR count). The van der Waals surface area contributed by atoms with Gasteiger partial charge in [-0.3, -0.25) is 0 Å². The Morgan fingerprint density at radius 2 is 2.00 bits per heavy atom. The number of rotatable bonds is 4. The van der Waals surface area contributed by atoms with Gasteiger partial charge >= 0.3 is 0 Å². The van der Waals surface area contributed by atoms with Gasteiger partial charge in [-0.15, -0.1) is 0 Å². The van der Waals surface area contributed by atoms with E-state index in [1.165, 1.54) is 7.05 Å². The highest BCUT2D eigenvalue weighted by atomic mass is 19.1. The van der Waals surface area contributed by atoms with Crippen molar-refractivity contribution in [1.29, 1.82) is 0 Å². The SMILES string of the molecule is CNc1nc(NCc2nccn2C)c(F)cc1F. The summed E-state index contributed by atoms with van der Waals surface area (Å²) in [4.78, 5) is 7.89. The molecular formula is C11H13F2N5. The molecule has 2 aromatic heterocycles. The average molecular weight is 253 g/mol. The van der Waals surface area contributed by atoms with E-state index in [0.717, 1.165) is 11.9 Å². The first-order valence-electron chi connectivity index (χ1n) is 5.35. The van der Waals surface area contributed by atoms with Crippen LogP contribution >= 0.6 is 0 Å². The van der Waals surface area contributed by atoms with Crippen LogP contribution in [0.3, 0.4) is 0 Å². The minimum Gasteiger partial charge on any atom is -0.371 e. The first kappa shape index (κ1) is 12.3. The molecule has 0 saturated heterocycles. The summed E-state index contributed by atoms with van der Waals surface area (Å²) in [6.07, 6.45) is 3.43. The Kier molecular flexibility index (Phi) is 3.40. The molecule has 5 nitrogen and oxygen atoms in total. The van der Waals surface area contributed by atoms with Gasteiger partial charge in [-0.05, 0) is 0 Å². The van der Waals surface area contributed by atoms with Crippen molar-refractivity contribution in [1.82, 2.24) is 14.5 Å². The van der Waals surface area contributed by atoms with Gasteiger partial charge in [0.1, 0.15) is 5.82 Å². The van der Waals surface area contributed by atoms with Crippen LogP contribution in [0, 0.1) is 11.6 Å². The number of imidazole rings is 1. The van der Waals surface area contributed by atoms with E-state index in [0.29, 0.717) is 6.54 Å². The van der Waals surface area contributed by atoms with Gasteiger partial charge in [0.05, 0.1) is 6.54 Å². The zero-order valence-corrected chi connectivity index (χ0v) is 10.0. The van der Waals surface area contributed by atoms with Gasteiger partial charge in [-0.1, -0.05) is 0 Å². The molecule has 0 aromatic carbocycles. The summed E-state index contributed by atoms with van der Waals surface area (Å²) in [6.45, 7) is 0.308. The molecular weight excluding hydrogens is 240 g/mol. The second-order valence-corrected chi connectivity index (χ2v) is 3.71. The summed E-state index contributed by atoms with van der Waals surface area (Å²) >= 11 is 0. The van der Waals surface area contributed by atoms with Crippen LogP contribution in [-0.2, 0) is 13.6 Å². The molecule has 2 N–H and O–H groups in total. The Balaban J connectivity index is 2.16. The van der Waals surface area contributed by atoms with Gasteiger partial charge in [0.25, 0.3) is 0 Å². The summed E-state index contributed by atoms with van der Waals surface area (Å²) in [5, 5.41) is 5.34. The lowest BCUT2D eigenvalue weighted by Gasteiger charge is -2.09. The van der Waals surface area contributed by atoms with Crippen molar-refractivity contribution < 1.29 is 8.78 Å². The van der Waals surface area contributed by atoms with Crippen LogP contribution < -0.4 is 10.6 Å². The van der Waals surface area contributed by atoms with Gasteiger partial charge in [0.2, 0.25) is 0 Å².